The Morgan fingerprint density at radius 2 is 1.68 bits per heavy atom. The number of rotatable bonds is 5. The third kappa shape index (κ3) is 4.90. The molecule has 4 rings (SSSR count). The second-order valence-corrected chi connectivity index (χ2v) is 6.84. The van der Waals surface area contributed by atoms with Crippen molar-refractivity contribution in [3.8, 4) is 11.5 Å². The van der Waals surface area contributed by atoms with Gasteiger partial charge in [0.25, 0.3) is 11.8 Å². The average molecular weight is 468 g/mol. The lowest BCUT2D eigenvalue weighted by Gasteiger charge is -2.12. The third-order valence-corrected chi connectivity index (χ3v) is 4.55. The molecule has 4 aromatic rings. The molecule has 0 aliphatic rings. The van der Waals surface area contributed by atoms with Crippen LogP contribution in [0.5, 0.6) is 11.5 Å². The Balaban J connectivity index is 1.58. The number of carbonyl (C=O) groups excluding carboxylic acids is 2. The number of nitrogens with zero attached hydrogens (tertiary/aromatic N) is 4. The number of carbonyl (C=O) groups is 2. The van der Waals surface area contributed by atoms with E-state index >= 15 is 0 Å². The van der Waals surface area contributed by atoms with E-state index in [-0.39, 0.29) is 23.1 Å². The summed E-state index contributed by atoms with van der Waals surface area (Å²) in [6.07, 6.45) is -3.29. The standard InChI is InChI=1S/C22H15F3N6O3/c1-26-20(33)18-11-13(8-9-27-18)34-12-6-7-16-17(10-12)28-21(31-30-16)29-19(32)14-4-2-3-5-15(14)22(23,24)25/h2-11H,1H3,(H,26,33)(H,28,29,31,32). The van der Waals surface area contributed by atoms with Gasteiger partial charge in [0.15, 0.2) is 0 Å². The van der Waals surface area contributed by atoms with Crippen molar-refractivity contribution in [2.75, 3.05) is 12.4 Å². The second-order valence-electron chi connectivity index (χ2n) is 6.84. The summed E-state index contributed by atoms with van der Waals surface area (Å²) in [5.41, 5.74) is -0.853. The molecule has 9 nitrogen and oxygen atoms in total. The van der Waals surface area contributed by atoms with Crippen molar-refractivity contribution in [2.24, 2.45) is 0 Å². The molecule has 0 fully saturated rings. The molecular formula is C22H15F3N6O3. The summed E-state index contributed by atoms with van der Waals surface area (Å²) >= 11 is 0. The van der Waals surface area contributed by atoms with Gasteiger partial charge in [0.05, 0.1) is 16.6 Å². The van der Waals surface area contributed by atoms with Crippen LogP contribution in [-0.4, -0.2) is 39.0 Å². The van der Waals surface area contributed by atoms with Gasteiger partial charge in [-0.2, -0.15) is 13.2 Å². The maximum absolute atomic E-state index is 13.2. The first kappa shape index (κ1) is 22.6. The highest BCUT2D eigenvalue weighted by Gasteiger charge is 2.35. The molecular weight excluding hydrogens is 453 g/mol. The van der Waals surface area contributed by atoms with Crippen LogP contribution in [0.2, 0.25) is 0 Å². The first-order valence-corrected chi connectivity index (χ1v) is 9.72. The Labute approximate surface area is 190 Å². The lowest BCUT2D eigenvalue weighted by atomic mass is 10.1. The van der Waals surface area contributed by atoms with Gasteiger partial charge in [-0.3, -0.25) is 19.9 Å². The normalized spacial score (nSPS) is 11.2. The summed E-state index contributed by atoms with van der Waals surface area (Å²) in [4.78, 5) is 32.3. The number of aromatic nitrogens is 4. The lowest BCUT2D eigenvalue weighted by Crippen LogP contribution is -2.20. The van der Waals surface area contributed by atoms with Crippen LogP contribution < -0.4 is 15.4 Å². The molecule has 172 valence electrons. The van der Waals surface area contributed by atoms with Gasteiger partial charge in [-0.05, 0) is 30.3 Å². The van der Waals surface area contributed by atoms with E-state index in [2.05, 4.69) is 30.8 Å². The number of hydrogen-bond donors (Lipinski definition) is 2. The molecule has 2 heterocycles. The van der Waals surface area contributed by atoms with E-state index in [0.29, 0.717) is 17.0 Å². The summed E-state index contributed by atoms with van der Waals surface area (Å²) in [6, 6.07) is 12.0. The quantitative estimate of drug-likeness (QED) is 0.457. The summed E-state index contributed by atoms with van der Waals surface area (Å²) in [6.45, 7) is 0. The number of alkyl halides is 3. The average Bonchev–Trinajstić information content (AvgIpc) is 2.83. The van der Waals surface area contributed by atoms with Gasteiger partial charge in [0.2, 0.25) is 5.95 Å². The zero-order chi connectivity index (χ0) is 24.3. The number of pyridine rings is 1. The Bertz CT molecular complexity index is 1390. The molecule has 34 heavy (non-hydrogen) atoms. The van der Waals surface area contributed by atoms with Crippen LogP contribution in [0.1, 0.15) is 26.4 Å². The highest BCUT2D eigenvalue weighted by molar-refractivity contribution is 6.04. The molecule has 2 aromatic carbocycles. The fourth-order valence-corrected chi connectivity index (χ4v) is 2.99. The minimum Gasteiger partial charge on any atom is -0.457 e. The predicted octanol–water partition coefficient (Wildman–Crippen LogP) is 3.84. The Morgan fingerprint density at radius 3 is 2.44 bits per heavy atom. The third-order valence-electron chi connectivity index (χ3n) is 4.55. The number of halogens is 3. The molecule has 0 bridgehead atoms. The van der Waals surface area contributed by atoms with Crippen LogP contribution in [-0.2, 0) is 6.18 Å². The number of benzene rings is 2. The molecule has 0 atom stereocenters. The van der Waals surface area contributed by atoms with Crippen molar-refractivity contribution in [2.45, 2.75) is 6.18 Å². The van der Waals surface area contributed by atoms with Gasteiger partial charge in [-0.25, -0.2) is 4.98 Å². The molecule has 0 radical (unpaired) electrons. The van der Waals surface area contributed by atoms with Crippen molar-refractivity contribution in [1.82, 2.24) is 25.5 Å². The van der Waals surface area contributed by atoms with E-state index in [4.69, 9.17) is 4.74 Å². The van der Waals surface area contributed by atoms with Crippen molar-refractivity contribution in [3.63, 3.8) is 0 Å². The Morgan fingerprint density at radius 1 is 0.912 bits per heavy atom. The summed E-state index contributed by atoms with van der Waals surface area (Å²) in [7, 11) is 1.48. The van der Waals surface area contributed by atoms with Crippen molar-refractivity contribution in [1.29, 1.82) is 0 Å². The van der Waals surface area contributed by atoms with Gasteiger partial charge in [0.1, 0.15) is 22.7 Å². The maximum Gasteiger partial charge on any atom is 0.417 e. The predicted molar refractivity (Wildman–Crippen MR) is 114 cm³/mol. The number of amides is 2. The highest BCUT2D eigenvalue weighted by atomic mass is 19.4. The minimum absolute atomic E-state index is 0.161. The molecule has 12 heteroatoms. The molecule has 0 saturated heterocycles. The van der Waals surface area contributed by atoms with Crippen molar-refractivity contribution >= 4 is 28.8 Å². The van der Waals surface area contributed by atoms with Crippen molar-refractivity contribution < 1.29 is 27.5 Å². The Hall–Kier alpha value is -4.61. The number of ether oxygens (including phenoxy) is 1. The first-order chi connectivity index (χ1) is 16.2. The van der Waals surface area contributed by atoms with Gasteiger partial charge < -0.3 is 10.1 Å². The number of anilines is 1. The SMILES string of the molecule is CNC(=O)c1cc(Oc2ccc3nnc(NC(=O)c4ccccc4C(F)(F)F)nc3c2)ccn1. The molecule has 0 saturated carbocycles. The monoisotopic (exact) mass is 468 g/mol. The topological polar surface area (TPSA) is 119 Å². The number of hydrogen-bond acceptors (Lipinski definition) is 7. The van der Waals surface area contributed by atoms with Crippen molar-refractivity contribution in [3.05, 3.63) is 77.6 Å². The fourth-order valence-electron chi connectivity index (χ4n) is 2.99. The summed E-state index contributed by atoms with van der Waals surface area (Å²) in [5, 5.41) is 12.4. The second kappa shape index (κ2) is 9.10. The summed E-state index contributed by atoms with van der Waals surface area (Å²) < 4.78 is 45.4. The summed E-state index contributed by atoms with van der Waals surface area (Å²) in [5.74, 6) is -1.01. The molecule has 0 unspecified atom stereocenters. The molecule has 0 spiro atoms. The highest BCUT2D eigenvalue weighted by Crippen LogP contribution is 2.32. The van der Waals surface area contributed by atoms with Gasteiger partial charge in [0, 0.05) is 25.4 Å². The van der Waals surface area contributed by atoms with E-state index in [0.717, 1.165) is 12.1 Å². The van der Waals surface area contributed by atoms with E-state index in [1.54, 1.807) is 18.2 Å². The van der Waals surface area contributed by atoms with E-state index < -0.39 is 23.2 Å². The fraction of sp³-hybridized carbons (Fsp3) is 0.0909. The van der Waals surface area contributed by atoms with Gasteiger partial charge in [-0.1, -0.05) is 12.1 Å². The number of fused-ring (bicyclic) bond motifs is 1. The largest absolute Gasteiger partial charge is 0.457 e. The van der Waals surface area contributed by atoms with E-state index in [1.165, 1.54) is 37.5 Å². The number of nitrogens with one attached hydrogen (secondary N) is 2. The molecule has 2 aromatic heterocycles. The first-order valence-electron chi connectivity index (χ1n) is 9.72. The Kier molecular flexibility index (Phi) is 6.04. The zero-order valence-electron chi connectivity index (χ0n) is 17.4. The maximum atomic E-state index is 13.2. The van der Waals surface area contributed by atoms with E-state index in [9.17, 15) is 22.8 Å². The van der Waals surface area contributed by atoms with E-state index in [1.807, 2.05) is 0 Å². The van der Waals surface area contributed by atoms with Crippen LogP contribution >= 0.6 is 0 Å². The van der Waals surface area contributed by atoms with Crippen LogP contribution in [0.4, 0.5) is 19.1 Å². The zero-order valence-corrected chi connectivity index (χ0v) is 17.4. The minimum atomic E-state index is -4.70. The van der Waals surface area contributed by atoms with Crippen LogP contribution in [0.15, 0.2) is 60.8 Å². The molecule has 0 aliphatic heterocycles. The van der Waals surface area contributed by atoms with Crippen LogP contribution in [0, 0.1) is 0 Å². The van der Waals surface area contributed by atoms with Crippen LogP contribution in [0.25, 0.3) is 11.0 Å². The van der Waals surface area contributed by atoms with Gasteiger partial charge >= 0.3 is 6.18 Å². The molecule has 0 aliphatic carbocycles. The smallest absolute Gasteiger partial charge is 0.417 e. The molecule has 2 N–H and O–H groups in total. The lowest BCUT2D eigenvalue weighted by molar-refractivity contribution is -0.137. The molecule has 2 amide bonds. The van der Waals surface area contributed by atoms with Crippen LogP contribution in [0.3, 0.4) is 0 Å². The van der Waals surface area contributed by atoms with Gasteiger partial charge in [-0.15, -0.1) is 10.2 Å².